The van der Waals surface area contributed by atoms with Gasteiger partial charge in [-0.25, -0.2) is 8.78 Å². The van der Waals surface area contributed by atoms with Crippen molar-refractivity contribution in [3.05, 3.63) is 58.1 Å². The highest BCUT2D eigenvalue weighted by Gasteiger charge is 2.32. The van der Waals surface area contributed by atoms with Gasteiger partial charge in [-0.15, -0.1) is 0 Å². The Kier molecular flexibility index (Phi) is 9.65. The maximum Gasteiger partial charge on any atom is 0.390 e. The second-order valence-corrected chi connectivity index (χ2v) is 11.2. The van der Waals surface area contributed by atoms with Gasteiger partial charge in [0.2, 0.25) is 5.91 Å². The molecule has 2 aromatic carbocycles. The quantitative estimate of drug-likeness (QED) is 0.369. The van der Waals surface area contributed by atoms with E-state index in [9.17, 15) is 36.3 Å². The van der Waals surface area contributed by atoms with Crippen molar-refractivity contribution >= 4 is 51.8 Å². The van der Waals surface area contributed by atoms with Crippen molar-refractivity contribution in [1.29, 1.82) is 0 Å². The molecule has 2 aliphatic heterocycles. The first-order valence-electron chi connectivity index (χ1n) is 12.7. The molecule has 2 aromatic rings. The number of alkyl halides is 3. The number of rotatable bonds is 8. The summed E-state index contributed by atoms with van der Waals surface area (Å²) >= 11 is 7.12. The first-order chi connectivity index (χ1) is 19.3. The van der Waals surface area contributed by atoms with Gasteiger partial charge in [0.05, 0.1) is 23.4 Å². The highest BCUT2D eigenvalue weighted by atomic mass is 35.5. The van der Waals surface area contributed by atoms with Crippen LogP contribution in [-0.2, 0) is 11.3 Å². The van der Waals surface area contributed by atoms with E-state index >= 15 is 0 Å². The van der Waals surface area contributed by atoms with Gasteiger partial charge in [0.1, 0.15) is 6.04 Å². The summed E-state index contributed by atoms with van der Waals surface area (Å²) in [5.41, 5.74) is 0.00531. The lowest BCUT2D eigenvalue weighted by Gasteiger charge is -2.41. The third-order valence-electron chi connectivity index (χ3n) is 6.85. The molecule has 2 heterocycles. The van der Waals surface area contributed by atoms with Gasteiger partial charge in [-0.3, -0.25) is 19.3 Å². The van der Waals surface area contributed by atoms with Crippen LogP contribution in [0.15, 0.2) is 30.3 Å². The fraction of sp³-hybridized carbons (Fsp3) is 0.423. The van der Waals surface area contributed by atoms with Crippen molar-refractivity contribution in [2.45, 2.75) is 38.1 Å². The first-order valence-corrected chi connectivity index (χ1v) is 14.0. The van der Waals surface area contributed by atoms with Gasteiger partial charge in [0, 0.05) is 55.1 Å². The van der Waals surface area contributed by atoms with Crippen molar-refractivity contribution in [3.8, 4) is 0 Å². The molecular formula is C26H27ClF5N5O3S. The van der Waals surface area contributed by atoms with E-state index in [-0.39, 0.29) is 41.4 Å². The van der Waals surface area contributed by atoms with Crippen molar-refractivity contribution in [2.75, 3.05) is 42.1 Å². The normalized spacial score (nSPS) is 19.7. The van der Waals surface area contributed by atoms with E-state index in [0.717, 1.165) is 17.8 Å². The molecule has 4 rings (SSSR count). The highest BCUT2D eigenvalue weighted by molar-refractivity contribution is 8.14. The van der Waals surface area contributed by atoms with Crippen LogP contribution in [0.1, 0.15) is 29.3 Å². The molecule has 15 heteroatoms. The van der Waals surface area contributed by atoms with Gasteiger partial charge >= 0.3 is 6.18 Å². The Morgan fingerprint density at radius 2 is 1.90 bits per heavy atom. The molecule has 0 spiro atoms. The van der Waals surface area contributed by atoms with Gasteiger partial charge in [-0.1, -0.05) is 29.4 Å². The monoisotopic (exact) mass is 619 g/mol. The molecule has 2 aliphatic rings. The van der Waals surface area contributed by atoms with E-state index in [1.807, 2.05) is 4.90 Å². The van der Waals surface area contributed by atoms with E-state index in [2.05, 4.69) is 16.0 Å². The van der Waals surface area contributed by atoms with Gasteiger partial charge in [0.15, 0.2) is 11.6 Å². The van der Waals surface area contributed by atoms with E-state index < -0.39 is 47.7 Å². The van der Waals surface area contributed by atoms with Crippen molar-refractivity contribution in [2.24, 2.45) is 0 Å². The number of hydrogen-bond acceptors (Lipinski definition) is 6. The lowest BCUT2D eigenvalue weighted by Crippen LogP contribution is -2.52. The van der Waals surface area contributed by atoms with Crippen molar-refractivity contribution in [1.82, 2.24) is 15.5 Å². The Hall–Kier alpha value is -3.10. The molecule has 2 fully saturated rings. The Labute approximate surface area is 241 Å². The largest absolute Gasteiger partial charge is 0.390 e. The third-order valence-corrected chi connectivity index (χ3v) is 7.96. The van der Waals surface area contributed by atoms with Gasteiger partial charge in [-0.05, 0) is 31.2 Å². The van der Waals surface area contributed by atoms with Crippen LogP contribution in [0, 0.1) is 11.6 Å². The van der Waals surface area contributed by atoms with Gasteiger partial charge in [0.25, 0.3) is 11.1 Å². The summed E-state index contributed by atoms with van der Waals surface area (Å²) in [6, 6.07) is 5.89. The number of hydrogen-bond donors (Lipinski definition) is 3. The van der Waals surface area contributed by atoms with Crippen LogP contribution in [0.2, 0.25) is 5.02 Å². The molecule has 0 saturated carbocycles. The maximum absolute atomic E-state index is 14.9. The molecule has 0 radical (unpaired) electrons. The minimum Gasteiger partial charge on any atom is -0.367 e. The Morgan fingerprint density at radius 3 is 2.56 bits per heavy atom. The average Bonchev–Trinajstić information content (AvgIpc) is 3.35. The van der Waals surface area contributed by atoms with Crippen LogP contribution in [0.25, 0.3) is 0 Å². The number of benzene rings is 2. The second kappa shape index (κ2) is 12.8. The van der Waals surface area contributed by atoms with Crippen LogP contribution in [-0.4, -0.2) is 72.1 Å². The summed E-state index contributed by atoms with van der Waals surface area (Å²) in [4.78, 5) is 40.0. The molecular weight excluding hydrogens is 593 g/mol. The molecule has 0 unspecified atom stereocenters. The van der Waals surface area contributed by atoms with E-state index in [1.165, 1.54) is 18.2 Å². The molecule has 222 valence electrons. The molecule has 0 aromatic heterocycles. The fourth-order valence-electron chi connectivity index (χ4n) is 4.61. The van der Waals surface area contributed by atoms with Crippen molar-refractivity contribution in [3.63, 3.8) is 0 Å². The molecule has 0 aliphatic carbocycles. The first kappa shape index (κ1) is 30.8. The van der Waals surface area contributed by atoms with Crippen LogP contribution in [0.5, 0.6) is 0 Å². The molecule has 0 bridgehead atoms. The highest BCUT2D eigenvalue weighted by Crippen LogP contribution is 2.32. The van der Waals surface area contributed by atoms with Crippen LogP contribution >= 0.6 is 23.4 Å². The zero-order valence-corrected chi connectivity index (χ0v) is 23.4. The van der Waals surface area contributed by atoms with E-state index in [4.69, 9.17) is 11.6 Å². The zero-order chi connectivity index (χ0) is 29.9. The topological polar surface area (TPSA) is 93.8 Å². The number of amides is 3. The lowest BCUT2D eigenvalue weighted by atomic mass is 10.1. The third kappa shape index (κ3) is 7.80. The summed E-state index contributed by atoms with van der Waals surface area (Å²) in [5, 5.41) is 7.47. The maximum atomic E-state index is 14.9. The predicted octanol–water partition coefficient (Wildman–Crippen LogP) is 4.77. The van der Waals surface area contributed by atoms with Crippen LogP contribution in [0.3, 0.4) is 0 Å². The van der Waals surface area contributed by atoms with Crippen LogP contribution in [0.4, 0.5) is 38.1 Å². The summed E-state index contributed by atoms with van der Waals surface area (Å²) in [5.74, 6) is -3.96. The predicted molar refractivity (Wildman–Crippen MR) is 146 cm³/mol. The number of anilines is 2. The number of piperazine rings is 1. The lowest BCUT2D eigenvalue weighted by molar-refractivity contribution is -0.139. The molecule has 41 heavy (non-hydrogen) atoms. The summed E-state index contributed by atoms with van der Waals surface area (Å²) < 4.78 is 67.8. The van der Waals surface area contributed by atoms with Crippen LogP contribution < -0.4 is 20.9 Å². The minimum atomic E-state index is -4.25. The number of nitrogens with zero attached hydrogens (tertiary/aromatic N) is 2. The number of carbonyl (C=O) groups is 3. The van der Waals surface area contributed by atoms with Gasteiger partial charge < -0.3 is 20.9 Å². The average molecular weight is 620 g/mol. The smallest absolute Gasteiger partial charge is 0.367 e. The second-order valence-electron chi connectivity index (χ2n) is 9.73. The molecule has 3 N–H and O–H groups in total. The number of halogens is 6. The van der Waals surface area contributed by atoms with E-state index in [1.54, 1.807) is 17.9 Å². The summed E-state index contributed by atoms with van der Waals surface area (Å²) in [7, 11) is 0. The zero-order valence-electron chi connectivity index (χ0n) is 21.8. The SMILES string of the molecule is C[C@H]1CN(c2cc(Cl)ccc2NC(=O)c2ccc(CNC(=O)[C@H]3CSC(=O)N3)c(F)c2F)CCN1CCC(F)(F)F. The number of thioether (sulfide) groups is 1. The van der Waals surface area contributed by atoms with Gasteiger partial charge in [-0.2, -0.15) is 13.2 Å². The number of nitrogens with one attached hydrogen (secondary N) is 3. The number of carbonyl (C=O) groups excluding carboxylic acids is 3. The fourth-order valence-corrected chi connectivity index (χ4v) is 5.56. The molecule has 2 saturated heterocycles. The molecule has 8 nitrogen and oxygen atoms in total. The summed E-state index contributed by atoms with van der Waals surface area (Å²) in [6.45, 7) is 2.39. The minimum absolute atomic E-state index is 0.127. The summed E-state index contributed by atoms with van der Waals surface area (Å²) in [6.07, 6.45) is -5.17. The molecule has 3 amide bonds. The standard InChI is InChI=1S/C26H27ClF5N5O3S/c1-14-12-37(9-8-36(14)7-6-26(30,31)32)20-10-16(27)3-5-18(20)34-23(38)17-4-2-15(21(28)22(17)29)11-33-24(39)19-13-41-25(40)35-19/h2-5,10,14,19H,6-9,11-13H2,1H3,(H,33,39)(H,34,38)(H,35,40)/t14-,19+/m0/s1. The molecule has 2 atom stereocenters. The van der Waals surface area contributed by atoms with Crippen molar-refractivity contribution < 1.29 is 36.3 Å². The Bertz CT molecular complexity index is 1330. The Morgan fingerprint density at radius 1 is 1.15 bits per heavy atom. The van der Waals surface area contributed by atoms with E-state index in [0.29, 0.717) is 30.3 Å². The Balaban J connectivity index is 1.43.